The normalized spacial score (nSPS) is 10.7. The largest absolute Gasteiger partial charge is 0.426 e. The van der Waals surface area contributed by atoms with Gasteiger partial charge in [-0.2, -0.15) is 0 Å². The molecular formula is C18H11BrCl2O2. The summed E-state index contributed by atoms with van der Waals surface area (Å²) in [6.45, 7) is 0. The van der Waals surface area contributed by atoms with E-state index >= 15 is 0 Å². The summed E-state index contributed by atoms with van der Waals surface area (Å²) in [4.78, 5) is 12.1. The molecule has 0 saturated carbocycles. The van der Waals surface area contributed by atoms with Crippen LogP contribution >= 0.6 is 39.1 Å². The molecule has 0 aliphatic rings. The average molecular weight is 410 g/mol. The highest BCUT2D eigenvalue weighted by Crippen LogP contribution is 2.25. The molecule has 0 heterocycles. The van der Waals surface area contributed by atoms with Crippen LogP contribution in [0.4, 0.5) is 0 Å². The van der Waals surface area contributed by atoms with Crippen molar-refractivity contribution < 1.29 is 9.53 Å². The van der Waals surface area contributed by atoms with Crippen molar-refractivity contribution in [1.29, 1.82) is 0 Å². The molecule has 5 heteroatoms. The van der Waals surface area contributed by atoms with Gasteiger partial charge in [-0.1, -0.05) is 57.3 Å². The molecular weight excluding hydrogens is 399 g/mol. The van der Waals surface area contributed by atoms with E-state index in [1.165, 1.54) is 0 Å². The second-order valence-corrected chi connectivity index (χ2v) is 6.80. The van der Waals surface area contributed by atoms with Gasteiger partial charge < -0.3 is 4.74 Å². The van der Waals surface area contributed by atoms with Crippen LogP contribution in [0, 0.1) is 0 Å². The Morgan fingerprint density at radius 1 is 0.957 bits per heavy atom. The van der Waals surface area contributed by atoms with Gasteiger partial charge in [-0.3, -0.25) is 4.79 Å². The molecule has 0 aliphatic heterocycles. The lowest BCUT2D eigenvalue weighted by molar-refractivity contribution is -0.133. The molecule has 3 aromatic carbocycles. The Labute approximate surface area is 152 Å². The van der Waals surface area contributed by atoms with E-state index in [4.69, 9.17) is 27.9 Å². The van der Waals surface area contributed by atoms with E-state index < -0.39 is 0 Å². The zero-order chi connectivity index (χ0) is 16.4. The first kappa shape index (κ1) is 16.3. The molecule has 116 valence electrons. The Hall–Kier alpha value is -1.55. The maximum atomic E-state index is 12.1. The fourth-order valence-electron chi connectivity index (χ4n) is 2.25. The Bertz CT molecular complexity index is 893. The van der Waals surface area contributed by atoms with Gasteiger partial charge in [0.25, 0.3) is 0 Å². The van der Waals surface area contributed by atoms with E-state index in [1.54, 1.807) is 24.3 Å². The predicted octanol–water partition coefficient (Wildman–Crippen LogP) is 6.06. The summed E-state index contributed by atoms with van der Waals surface area (Å²) < 4.78 is 6.41. The van der Waals surface area contributed by atoms with Crippen molar-refractivity contribution >= 4 is 55.9 Å². The van der Waals surface area contributed by atoms with Gasteiger partial charge in [0.2, 0.25) is 0 Å². The van der Waals surface area contributed by atoms with Crippen molar-refractivity contribution in [2.75, 3.05) is 0 Å². The van der Waals surface area contributed by atoms with Gasteiger partial charge in [-0.05, 0) is 52.7 Å². The van der Waals surface area contributed by atoms with E-state index in [0.29, 0.717) is 21.4 Å². The minimum atomic E-state index is -0.370. The summed E-state index contributed by atoms with van der Waals surface area (Å²) in [5.41, 5.74) is 0.686. The number of carbonyl (C=O) groups excluding carboxylic acids is 1. The van der Waals surface area contributed by atoms with Gasteiger partial charge in [0.15, 0.2) is 0 Å². The predicted molar refractivity (Wildman–Crippen MR) is 97.4 cm³/mol. The lowest BCUT2D eigenvalue weighted by atomic mass is 10.1. The van der Waals surface area contributed by atoms with E-state index in [0.717, 1.165) is 15.2 Å². The molecule has 2 nitrogen and oxygen atoms in total. The van der Waals surface area contributed by atoms with E-state index in [9.17, 15) is 4.79 Å². The molecule has 0 radical (unpaired) electrons. The van der Waals surface area contributed by atoms with Gasteiger partial charge in [-0.15, -0.1) is 0 Å². The minimum absolute atomic E-state index is 0.0916. The van der Waals surface area contributed by atoms with Gasteiger partial charge in [0.05, 0.1) is 6.42 Å². The molecule has 23 heavy (non-hydrogen) atoms. The standard InChI is InChI=1S/C18H11BrCl2O2/c19-14-4-1-12-8-16(6-3-11(12)7-14)23-18(22)9-13-2-5-15(20)10-17(13)21/h1-8,10H,9H2. The second-order valence-electron chi connectivity index (χ2n) is 5.04. The summed E-state index contributed by atoms with van der Waals surface area (Å²) in [5.74, 6) is 0.139. The third-order valence-corrected chi connectivity index (χ3v) is 4.44. The summed E-state index contributed by atoms with van der Waals surface area (Å²) in [6.07, 6.45) is 0.0916. The molecule has 0 bridgehead atoms. The van der Waals surface area contributed by atoms with Crippen LogP contribution < -0.4 is 4.74 Å². The smallest absolute Gasteiger partial charge is 0.315 e. The SMILES string of the molecule is O=C(Cc1ccc(Cl)cc1Cl)Oc1ccc2cc(Br)ccc2c1. The number of halogens is 3. The highest BCUT2D eigenvalue weighted by molar-refractivity contribution is 9.10. The third kappa shape index (κ3) is 4.05. The maximum Gasteiger partial charge on any atom is 0.315 e. The first-order chi connectivity index (χ1) is 11.0. The van der Waals surface area contributed by atoms with Gasteiger partial charge in [0, 0.05) is 14.5 Å². The monoisotopic (exact) mass is 408 g/mol. The van der Waals surface area contributed by atoms with Crippen molar-refractivity contribution in [2.45, 2.75) is 6.42 Å². The highest BCUT2D eigenvalue weighted by atomic mass is 79.9. The molecule has 0 aromatic heterocycles. The topological polar surface area (TPSA) is 26.3 Å². The van der Waals surface area contributed by atoms with Crippen LogP contribution in [0.2, 0.25) is 10.0 Å². The fourth-order valence-corrected chi connectivity index (χ4v) is 3.10. The van der Waals surface area contributed by atoms with Crippen molar-refractivity contribution in [3.63, 3.8) is 0 Å². The average Bonchev–Trinajstić information content (AvgIpc) is 2.50. The van der Waals surface area contributed by atoms with Gasteiger partial charge in [0.1, 0.15) is 5.75 Å². The molecule has 0 aliphatic carbocycles. The van der Waals surface area contributed by atoms with E-state index in [-0.39, 0.29) is 12.4 Å². The quantitative estimate of drug-likeness (QED) is 0.388. The van der Waals surface area contributed by atoms with Crippen molar-refractivity contribution in [2.24, 2.45) is 0 Å². The van der Waals surface area contributed by atoms with Crippen molar-refractivity contribution in [3.05, 3.63) is 74.7 Å². The lowest BCUT2D eigenvalue weighted by Gasteiger charge is -2.07. The fraction of sp³-hybridized carbons (Fsp3) is 0.0556. The molecule has 0 saturated heterocycles. The molecule has 3 aromatic rings. The Morgan fingerprint density at radius 3 is 2.48 bits per heavy atom. The minimum Gasteiger partial charge on any atom is -0.426 e. The Morgan fingerprint density at radius 2 is 1.70 bits per heavy atom. The molecule has 0 unspecified atom stereocenters. The van der Waals surface area contributed by atoms with E-state index in [1.807, 2.05) is 30.3 Å². The number of ether oxygens (including phenoxy) is 1. The zero-order valence-electron chi connectivity index (χ0n) is 11.9. The number of carbonyl (C=O) groups is 1. The number of esters is 1. The van der Waals surface area contributed by atoms with Gasteiger partial charge in [-0.25, -0.2) is 0 Å². The molecule has 0 atom stereocenters. The summed E-state index contributed by atoms with van der Waals surface area (Å²) >= 11 is 15.4. The maximum absolute atomic E-state index is 12.1. The molecule has 3 rings (SSSR count). The Balaban J connectivity index is 1.76. The van der Waals surface area contributed by atoms with Crippen LogP contribution in [0.15, 0.2) is 59.1 Å². The Kier molecular flexibility index (Phi) is 4.90. The molecule has 0 N–H and O–H groups in total. The van der Waals surface area contributed by atoms with Crippen LogP contribution in [-0.4, -0.2) is 5.97 Å². The zero-order valence-corrected chi connectivity index (χ0v) is 15.0. The molecule has 0 amide bonds. The summed E-state index contributed by atoms with van der Waals surface area (Å²) in [6, 6.07) is 16.5. The second kappa shape index (κ2) is 6.91. The van der Waals surface area contributed by atoms with Crippen LogP contribution in [-0.2, 0) is 11.2 Å². The van der Waals surface area contributed by atoms with Gasteiger partial charge >= 0.3 is 5.97 Å². The summed E-state index contributed by atoms with van der Waals surface area (Å²) in [5, 5.41) is 3.06. The summed E-state index contributed by atoms with van der Waals surface area (Å²) in [7, 11) is 0. The highest BCUT2D eigenvalue weighted by Gasteiger charge is 2.10. The lowest BCUT2D eigenvalue weighted by Crippen LogP contribution is -2.11. The number of hydrogen-bond donors (Lipinski definition) is 0. The first-order valence-electron chi connectivity index (χ1n) is 6.85. The number of rotatable bonds is 3. The van der Waals surface area contributed by atoms with Crippen LogP contribution in [0.1, 0.15) is 5.56 Å². The number of hydrogen-bond acceptors (Lipinski definition) is 2. The number of fused-ring (bicyclic) bond motifs is 1. The van der Waals surface area contributed by atoms with Crippen LogP contribution in [0.5, 0.6) is 5.75 Å². The van der Waals surface area contributed by atoms with Crippen LogP contribution in [0.3, 0.4) is 0 Å². The van der Waals surface area contributed by atoms with E-state index in [2.05, 4.69) is 15.9 Å². The third-order valence-electron chi connectivity index (χ3n) is 3.36. The molecule has 0 fully saturated rings. The first-order valence-corrected chi connectivity index (χ1v) is 8.40. The van der Waals surface area contributed by atoms with Crippen LogP contribution in [0.25, 0.3) is 10.8 Å². The number of benzene rings is 3. The van der Waals surface area contributed by atoms with Crippen molar-refractivity contribution in [1.82, 2.24) is 0 Å². The molecule has 0 spiro atoms. The van der Waals surface area contributed by atoms with Crippen molar-refractivity contribution in [3.8, 4) is 5.75 Å².